The molecule has 2 aromatic heterocycles. The number of hydrogen-bond acceptors (Lipinski definition) is 2. The van der Waals surface area contributed by atoms with Crippen molar-refractivity contribution in [3.63, 3.8) is 0 Å². The van der Waals surface area contributed by atoms with E-state index in [0.29, 0.717) is 5.92 Å². The summed E-state index contributed by atoms with van der Waals surface area (Å²) >= 11 is 0. The van der Waals surface area contributed by atoms with Crippen LogP contribution in [0.3, 0.4) is 0 Å². The maximum Gasteiger partial charge on any atom is 0.193 e. The third kappa shape index (κ3) is 5.74. The summed E-state index contributed by atoms with van der Waals surface area (Å²) in [5.74, 6) is 1.33. The lowest BCUT2D eigenvalue weighted by atomic mass is 10.1. The minimum Gasteiger partial charge on any atom is -0.356 e. The Morgan fingerprint density at radius 2 is 2.00 bits per heavy atom. The molecule has 0 atom stereocenters. The van der Waals surface area contributed by atoms with Crippen molar-refractivity contribution in [1.29, 1.82) is 0 Å². The zero-order valence-corrected chi connectivity index (χ0v) is 20.4. The van der Waals surface area contributed by atoms with Crippen molar-refractivity contribution >= 4 is 40.8 Å². The van der Waals surface area contributed by atoms with Crippen LogP contribution in [-0.2, 0) is 20.1 Å². The Bertz CT molecular complexity index is 940. The lowest BCUT2D eigenvalue weighted by Gasteiger charge is -2.22. The highest BCUT2D eigenvalue weighted by molar-refractivity contribution is 14.0. The number of hydrogen-bond donors (Lipinski definition) is 1. The molecule has 0 unspecified atom stereocenters. The second-order valence-corrected chi connectivity index (χ2v) is 7.62. The zero-order chi connectivity index (χ0) is 20.1. The molecule has 0 fully saturated rings. The van der Waals surface area contributed by atoms with Gasteiger partial charge in [-0.3, -0.25) is 9.67 Å². The van der Waals surface area contributed by atoms with Gasteiger partial charge in [-0.2, -0.15) is 5.10 Å². The molecule has 29 heavy (non-hydrogen) atoms. The molecule has 3 aromatic rings. The number of nitrogens with zero attached hydrogens (tertiary/aromatic N) is 5. The molecule has 0 aliphatic rings. The Morgan fingerprint density at radius 1 is 1.24 bits per heavy atom. The van der Waals surface area contributed by atoms with E-state index in [1.54, 1.807) is 0 Å². The number of fused-ring (bicyclic) bond motifs is 1. The van der Waals surface area contributed by atoms with E-state index >= 15 is 0 Å². The number of rotatable bonds is 7. The molecular weight excluding hydrogens is 475 g/mol. The summed E-state index contributed by atoms with van der Waals surface area (Å²) < 4.78 is 4.21. The number of benzene rings is 1. The van der Waals surface area contributed by atoms with Gasteiger partial charge in [0.25, 0.3) is 0 Å². The lowest BCUT2D eigenvalue weighted by molar-refractivity contribution is 0.470. The summed E-state index contributed by atoms with van der Waals surface area (Å²) in [6, 6.07) is 10.7. The standard InChI is InChI=1S/C22H32N6.HI/c1-17(2)21-19(16-27(5)25-21)15-26(4)22(23-3)24-12-8-13-28-14-11-18-9-6-7-10-20(18)28;/h6-7,9-11,14,16-17H,8,12-13,15H2,1-5H3,(H,23,24);1H. The number of guanidine groups is 1. The smallest absolute Gasteiger partial charge is 0.193 e. The van der Waals surface area contributed by atoms with E-state index in [-0.39, 0.29) is 24.0 Å². The fourth-order valence-electron chi connectivity index (χ4n) is 3.66. The molecule has 0 amide bonds. The average Bonchev–Trinajstić information content (AvgIpc) is 3.25. The molecule has 6 nitrogen and oxygen atoms in total. The third-order valence-electron chi connectivity index (χ3n) is 5.00. The van der Waals surface area contributed by atoms with Crippen molar-refractivity contribution in [2.45, 2.75) is 39.3 Å². The summed E-state index contributed by atoms with van der Waals surface area (Å²) in [5.41, 5.74) is 3.70. The van der Waals surface area contributed by atoms with Crippen LogP contribution in [0, 0.1) is 0 Å². The van der Waals surface area contributed by atoms with Gasteiger partial charge < -0.3 is 14.8 Å². The summed E-state index contributed by atoms with van der Waals surface area (Å²) in [7, 11) is 5.89. The van der Waals surface area contributed by atoms with Crippen LogP contribution in [0.1, 0.15) is 37.4 Å². The molecule has 0 saturated heterocycles. The number of aryl methyl sites for hydroxylation is 2. The molecule has 0 aliphatic carbocycles. The highest BCUT2D eigenvalue weighted by atomic mass is 127. The van der Waals surface area contributed by atoms with E-state index in [1.807, 2.05) is 18.8 Å². The molecule has 3 rings (SSSR count). The normalized spacial score (nSPS) is 11.7. The van der Waals surface area contributed by atoms with Crippen molar-refractivity contribution in [3.8, 4) is 0 Å². The molecule has 158 valence electrons. The van der Waals surface area contributed by atoms with Gasteiger partial charge in [-0.25, -0.2) is 0 Å². The van der Waals surface area contributed by atoms with Crippen molar-refractivity contribution in [2.24, 2.45) is 12.0 Å². The largest absolute Gasteiger partial charge is 0.356 e. The average molecular weight is 508 g/mol. The minimum absolute atomic E-state index is 0. The summed E-state index contributed by atoms with van der Waals surface area (Å²) in [6.07, 6.45) is 5.31. The number of aromatic nitrogens is 3. The highest BCUT2D eigenvalue weighted by Gasteiger charge is 2.15. The quantitative estimate of drug-likeness (QED) is 0.225. The molecule has 1 N–H and O–H groups in total. The fraction of sp³-hybridized carbons (Fsp3) is 0.455. The first-order valence-corrected chi connectivity index (χ1v) is 9.97. The first kappa shape index (κ1) is 23.3. The van der Waals surface area contributed by atoms with Crippen LogP contribution in [0.15, 0.2) is 47.7 Å². The predicted octanol–water partition coefficient (Wildman–Crippen LogP) is 4.21. The van der Waals surface area contributed by atoms with Gasteiger partial charge in [-0.1, -0.05) is 32.0 Å². The van der Waals surface area contributed by atoms with Crippen LogP contribution in [0.4, 0.5) is 0 Å². The van der Waals surface area contributed by atoms with Crippen molar-refractivity contribution < 1.29 is 0 Å². The van der Waals surface area contributed by atoms with E-state index in [1.165, 1.54) is 16.5 Å². The van der Waals surface area contributed by atoms with Crippen LogP contribution in [0.5, 0.6) is 0 Å². The number of para-hydroxylation sites is 1. The van der Waals surface area contributed by atoms with Gasteiger partial charge in [0.2, 0.25) is 0 Å². The number of halogens is 1. The molecule has 0 spiro atoms. The Labute approximate surface area is 191 Å². The summed E-state index contributed by atoms with van der Waals surface area (Å²) in [5, 5.41) is 9.39. The molecule has 0 radical (unpaired) electrons. The fourth-order valence-corrected chi connectivity index (χ4v) is 3.66. The SMILES string of the molecule is CN=C(NCCCn1ccc2ccccc21)N(C)Cc1cn(C)nc1C(C)C.I. The Morgan fingerprint density at radius 3 is 2.72 bits per heavy atom. The van der Waals surface area contributed by atoms with Gasteiger partial charge in [0.1, 0.15) is 0 Å². The molecule has 0 saturated carbocycles. The number of aliphatic imine (C=N–C) groups is 1. The Balaban J connectivity index is 0.00000300. The molecule has 2 heterocycles. The third-order valence-corrected chi connectivity index (χ3v) is 5.00. The van der Waals surface area contributed by atoms with Crippen LogP contribution in [0.2, 0.25) is 0 Å². The first-order valence-electron chi connectivity index (χ1n) is 9.97. The van der Waals surface area contributed by atoms with Gasteiger partial charge in [-0.05, 0) is 29.9 Å². The highest BCUT2D eigenvalue weighted by Crippen LogP contribution is 2.18. The van der Waals surface area contributed by atoms with Gasteiger partial charge in [0.05, 0.1) is 5.69 Å². The molecule has 0 aliphatic heterocycles. The molecule has 0 bridgehead atoms. The van der Waals surface area contributed by atoms with E-state index in [9.17, 15) is 0 Å². The second-order valence-electron chi connectivity index (χ2n) is 7.62. The van der Waals surface area contributed by atoms with Crippen LogP contribution in [0.25, 0.3) is 10.9 Å². The summed E-state index contributed by atoms with van der Waals surface area (Å²) in [6.45, 7) is 7.03. The monoisotopic (exact) mass is 508 g/mol. The van der Waals surface area contributed by atoms with Gasteiger partial charge >= 0.3 is 0 Å². The van der Waals surface area contributed by atoms with Crippen LogP contribution >= 0.6 is 24.0 Å². The minimum atomic E-state index is 0. The Hall–Kier alpha value is -2.03. The molecular formula is C22H33IN6. The summed E-state index contributed by atoms with van der Waals surface area (Å²) in [4.78, 5) is 6.61. The molecule has 1 aromatic carbocycles. The first-order chi connectivity index (χ1) is 13.5. The predicted molar refractivity (Wildman–Crippen MR) is 132 cm³/mol. The zero-order valence-electron chi connectivity index (χ0n) is 18.1. The van der Waals surface area contributed by atoms with E-state index < -0.39 is 0 Å². The van der Waals surface area contributed by atoms with Crippen molar-refractivity contribution in [3.05, 3.63) is 54.0 Å². The van der Waals surface area contributed by atoms with Crippen molar-refractivity contribution in [2.75, 3.05) is 20.6 Å². The van der Waals surface area contributed by atoms with E-state index in [0.717, 1.165) is 37.7 Å². The van der Waals surface area contributed by atoms with E-state index in [4.69, 9.17) is 0 Å². The van der Waals surface area contributed by atoms with E-state index in [2.05, 4.69) is 88.5 Å². The van der Waals surface area contributed by atoms with Gasteiger partial charge in [0, 0.05) is 64.3 Å². The van der Waals surface area contributed by atoms with Crippen LogP contribution in [-0.4, -0.2) is 45.8 Å². The second kappa shape index (κ2) is 10.7. The maximum absolute atomic E-state index is 4.60. The van der Waals surface area contributed by atoms with Crippen LogP contribution < -0.4 is 5.32 Å². The lowest BCUT2D eigenvalue weighted by Crippen LogP contribution is -2.39. The Kier molecular flexibility index (Phi) is 8.55. The van der Waals surface area contributed by atoms with Gasteiger partial charge in [-0.15, -0.1) is 24.0 Å². The maximum atomic E-state index is 4.60. The van der Waals surface area contributed by atoms with Gasteiger partial charge in [0.15, 0.2) is 5.96 Å². The number of nitrogens with one attached hydrogen (secondary N) is 1. The topological polar surface area (TPSA) is 50.4 Å². The van der Waals surface area contributed by atoms with Crippen molar-refractivity contribution in [1.82, 2.24) is 24.6 Å². The molecule has 7 heteroatoms.